The van der Waals surface area contributed by atoms with E-state index in [2.05, 4.69) is 12.1 Å². The minimum absolute atomic E-state index is 0. The Balaban J connectivity index is 0.00000729. The van der Waals surface area contributed by atoms with Gasteiger partial charge in [0.15, 0.2) is 0 Å². The van der Waals surface area contributed by atoms with Crippen molar-refractivity contribution < 1.29 is 50.1 Å². The van der Waals surface area contributed by atoms with E-state index in [1.807, 2.05) is 15.5 Å². The first-order valence-electron chi connectivity index (χ1n) is 23.6. The molecule has 6 amide bonds. The van der Waals surface area contributed by atoms with E-state index in [-0.39, 0.29) is 102 Å². The molecule has 0 bridgehead atoms. The molecule has 382 valence electrons. The second-order valence-corrected chi connectivity index (χ2v) is 17.9. The number of hydrogen-bond acceptors (Lipinski definition) is 6. The number of hydrogen-bond donors (Lipinski definition) is 0. The molecule has 4 aliphatic rings. The van der Waals surface area contributed by atoms with Crippen LogP contribution < -0.4 is 14.4 Å². The van der Waals surface area contributed by atoms with Gasteiger partial charge in [-0.05, 0) is 85.6 Å². The summed E-state index contributed by atoms with van der Waals surface area (Å²) in [5.41, 5.74) is 0.878. The third-order valence-electron chi connectivity index (χ3n) is 13.6. The van der Waals surface area contributed by atoms with E-state index in [4.69, 9.17) is 0 Å². The second kappa shape index (κ2) is 20.9. The third kappa shape index (κ3) is 9.83. The number of benzene rings is 4. The Hall–Kier alpha value is -7.91. The number of urea groups is 2. The fourth-order valence-electron chi connectivity index (χ4n) is 10.1. The standard InChI is InChI=1S/C53H47F6N10O4.BrH/c1-3-64-31-42-44(48(64)70)46(36-17-13-34(29-60)14-18-36)66(50(72)68(42)40-11-5-9-38(27-40)52(54,55)56)23-7-21-62-25-26-63(33-62)22-8-24-67-47(37-19-15-35(30-61)16-20-37)45-43(32-65(4-2)49(45)71)69(51(67)73)41-12-6-10-39(28-41)53(57,58)59;/h5-6,9-20,25-28,33,46-47H,3-4,7-8,21-24,31-32H2,1-2H3;1H/q+1;/t46-,47-;/m1./s1. The van der Waals surface area contributed by atoms with E-state index in [1.165, 1.54) is 53.7 Å². The summed E-state index contributed by atoms with van der Waals surface area (Å²) in [4.78, 5) is 66.3. The quantitative estimate of drug-likeness (QED) is 0.0801. The normalized spacial score (nSPS) is 18.0. The van der Waals surface area contributed by atoms with Crippen molar-refractivity contribution in [3.05, 3.63) is 172 Å². The molecular formula is C53H48BrF6N10O4+. The van der Waals surface area contributed by atoms with E-state index in [1.54, 1.807) is 74.8 Å². The van der Waals surface area contributed by atoms with Gasteiger partial charge in [0.2, 0.25) is 6.33 Å². The van der Waals surface area contributed by atoms with Crippen LogP contribution >= 0.6 is 17.0 Å². The number of carbonyl (C=O) groups excluding carboxylic acids is 4. The molecule has 9 rings (SSSR count). The lowest BCUT2D eigenvalue weighted by atomic mass is 9.92. The number of nitriles is 2. The van der Waals surface area contributed by atoms with Crippen molar-refractivity contribution in [1.29, 1.82) is 10.5 Å². The van der Waals surface area contributed by atoms with Crippen molar-refractivity contribution in [2.75, 3.05) is 49.1 Å². The van der Waals surface area contributed by atoms with Gasteiger partial charge in [0.25, 0.3) is 11.8 Å². The summed E-state index contributed by atoms with van der Waals surface area (Å²) in [5.74, 6) is -0.721. The Morgan fingerprint density at radius 3 is 1.45 bits per heavy atom. The molecule has 0 N–H and O–H groups in total. The van der Waals surface area contributed by atoms with E-state index in [0.717, 1.165) is 24.3 Å². The SMILES string of the molecule is Br.CCN1CC2=C(C1=O)[C@@H](c1ccc(C#N)cc1)N(CCCn1cc[n+](CCCN3C(=O)N(c4cccc(C(F)(F)F)c4)C4=C(C(=O)N(CC)C4)[C@H]3c3ccc(C#N)cc3)c1)C(=O)N2c1cccc(C(F)(F)F)c1. The smallest absolute Gasteiger partial charge is 0.333 e. The average Bonchev–Trinajstić information content (AvgIpc) is 4.08. The summed E-state index contributed by atoms with van der Waals surface area (Å²) < 4.78 is 87.8. The highest BCUT2D eigenvalue weighted by Gasteiger charge is 2.50. The molecule has 1 aromatic heterocycles. The monoisotopic (exact) mass is 1080 g/mol. The predicted octanol–water partition coefficient (Wildman–Crippen LogP) is 9.51. The van der Waals surface area contributed by atoms with Gasteiger partial charge >= 0.3 is 24.4 Å². The van der Waals surface area contributed by atoms with Crippen molar-refractivity contribution in [3.63, 3.8) is 0 Å². The lowest BCUT2D eigenvalue weighted by Crippen LogP contribution is -2.51. The van der Waals surface area contributed by atoms with Crippen molar-refractivity contribution in [3.8, 4) is 12.1 Å². The zero-order chi connectivity index (χ0) is 51.9. The number of alkyl halides is 6. The van der Waals surface area contributed by atoms with Crippen LogP contribution in [0.15, 0.2) is 138 Å². The van der Waals surface area contributed by atoms with Crippen LogP contribution in [-0.2, 0) is 35.0 Å². The Morgan fingerprint density at radius 1 is 0.608 bits per heavy atom. The van der Waals surface area contributed by atoms with Crippen molar-refractivity contribution in [2.45, 2.75) is 64.2 Å². The molecule has 0 radical (unpaired) electrons. The van der Waals surface area contributed by atoms with Crippen molar-refractivity contribution in [2.24, 2.45) is 0 Å². The average molecular weight is 1080 g/mol. The summed E-state index contributed by atoms with van der Waals surface area (Å²) >= 11 is 0. The van der Waals surface area contributed by atoms with Crippen LogP contribution in [0.3, 0.4) is 0 Å². The Kier molecular flexibility index (Phi) is 14.8. The van der Waals surface area contributed by atoms with Gasteiger partial charge in [0.1, 0.15) is 12.4 Å². The summed E-state index contributed by atoms with van der Waals surface area (Å²) in [7, 11) is 0. The highest BCUT2D eigenvalue weighted by atomic mass is 79.9. The van der Waals surface area contributed by atoms with Gasteiger partial charge < -0.3 is 19.6 Å². The van der Waals surface area contributed by atoms with Crippen LogP contribution in [0.4, 0.5) is 47.3 Å². The number of likely N-dealkylation sites (N-methyl/N-ethyl adjacent to an activating group) is 2. The fraction of sp³-hybridized carbons (Fsp3) is 0.302. The molecular weight excluding hydrogens is 1030 g/mol. The van der Waals surface area contributed by atoms with Gasteiger partial charge in [-0.1, -0.05) is 36.4 Å². The van der Waals surface area contributed by atoms with Crippen LogP contribution in [0.1, 0.15) is 72.2 Å². The van der Waals surface area contributed by atoms with Gasteiger partial charge in [-0.15, -0.1) is 17.0 Å². The molecule has 74 heavy (non-hydrogen) atoms. The highest BCUT2D eigenvalue weighted by molar-refractivity contribution is 8.93. The van der Waals surface area contributed by atoms with E-state index >= 15 is 0 Å². The minimum atomic E-state index is -4.70. The van der Waals surface area contributed by atoms with Crippen molar-refractivity contribution >= 4 is 52.2 Å². The molecule has 0 aliphatic carbocycles. The molecule has 5 aromatic rings. The number of aryl methyl sites for hydroxylation is 2. The highest BCUT2D eigenvalue weighted by Crippen LogP contribution is 2.46. The van der Waals surface area contributed by atoms with Gasteiger partial charge in [-0.2, -0.15) is 36.9 Å². The number of carbonyl (C=O) groups is 4. The number of aromatic nitrogens is 2. The molecule has 4 aromatic carbocycles. The molecule has 0 saturated heterocycles. The Morgan fingerprint density at radius 2 is 1.04 bits per heavy atom. The Bertz CT molecular complexity index is 2950. The van der Waals surface area contributed by atoms with Crippen LogP contribution in [0, 0.1) is 22.7 Å². The number of nitrogens with zero attached hydrogens (tertiary/aromatic N) is 10. The summed E-state index contributed by atoms with van der Waals surface area (Å²) in [6.45, 7) is 4.95. The lowest BCUT2D eigenvalue weighted by Gasteiger charge is -2.41. The second-order valence-electron chi connectivity index (χ2n) is 17.9. The number of amides is 6. The number of halogens is 7. The van der Waals surface area contributed by atoms with E-state index in [0.29, 0.717) is 48.2 Å². The zero-order valence-corrected chi connectivity index (χ0v) is 41.7. The van der Waals surface area contributed by atoms with E-state index < -0.39 is 47.6 Å². The number of anilines is 2. The molecule has 5 heterocycles. The molecule has 4 aliphatic heterocycles. The van der Waals surface area contributed by atoms with Gasteiger partial charge in [0.05, 0.1) is 107 Å². The first-order valence-corrected chi connectivity index (χ1v) is 23.6. The third-order valence-corrected chi connectivity index (χ3v) is 13.6. The van der Waals surface area contributed by atoms with Crippen LogP contribution in [-0.4, -0.2) is 87.3 Å². The molecule has 0 spiro atoms. The fourth-order valence-corrected chi connectivity index (χ4v) is 10.1. The topological polar surface area (TPSA) is 144 Å². The maximum atomic E-state index is 14.8. The lowest BCUT2D eigenvalue weighted by molar-refractivity contribution is -0.696. The molecule has 0 unspecified atom stereocenters. The maximum Gasteiger partial charge on any atom is 0.416 e. The largest absolute Gasteiger partial charge is 0.416 e. The number of rotatable bonds is 14. The molecule has 14 nitrogen and oxygen atoms in total. The first-order chi connectivity index (χ1) is 34.9. The predicted molar refractivity (Wildman–Crippen MR) is 263 cm³/mol. The van der Waals surface area contributed by atoms with Crippen LogP contribution in [0.2, 0.25) is 0 Å². The van der Waals surface area contributed by atoms with Crippen LogP contribution in [0.5, 0.6) is 0 Å². The first kappa shape index (κ1) is 52.4. The summed E-state index contributed by atoms with van der Waals surface area (Å²) in [6, 6.07) is 22.9. The van der Waals surface area contributed by atoms with Gasteiger partial charge in [-0.25, -0.2) is 18.7 Å². The zero-order valence-electron chi connectivity index (χ0n) is 40.0. The molecule has 0 saturated carbocycles. The Labute approximate surface area is 432 Å². The van der Waals surface area contributed by atoms with E-state index in [9.17, 15) is 56.0 Å². The van der Waals surface area contributed by atoms with Crippen LogP contribution in [0.25, 0.3) is 0 Å². The van der Waals surface area contributed by atoms with Gasteiger partial charge in [0, 0.05) is 39.0 Å². The summed E-state index contributed by atoms with van der Waals surface area (Å²) in [6.07, 6.45) is -3.31. The maximum absolute atomic E-state index is 14.8. The molecule has 2 atom stereocenters. The molecule has 0 fully saturated rings. The molecule has 21 heteroatoms. The minimum Gasteiger partial charge on any atom is -0.333 e. The van der Waals surface area contributed by atoms with Crippen molar-refractivity contribution in [1.82, 2.24) is 24.2 Å². The number of imidazole rings is 1. The summed E-state index contributed by atoms with van der Waals surface area (Å²) in [5, 5.41) is 19.1. The van der Waals surface area contributed by atoms with Gasteiger partial charge in [-0.3, -0.25) is 19.4 Å².